The van der Waals surface area contributed by atoms with Gasteiger partial charge in [-0.1, -0.05) is 18.2 Å². The number of likely N-dealkylation sites (N-methyl/N-ethyl adjacent to an activating group) is 1. The summed E-state index contributed by atoms with van der Waals surface area (Å²) in [4.78, 5) is 16.9. The van der Waals surface area contributed by atoms with Crippen molar-refractivity contribution in [3.8, 4) is 0 Å². The monoisotopic (exact) mass is 289 g/mol. The molecular weight excluding hydrogens is 266 g/mol. The molecule has 3 rings (SSSR count). The molecule has 114 valence electrons. The number of carbonyl (C=O) groups is 1. The number of nitrogens with one attached hydrogen (secondary N) is 1. The van der Waals surface area contributed by atoms with Crippen LogP contribution in [0.1, 0.15) is 17.9 Å². The fourth-order valence-electron chi connectivity index (χ4n) is 3.46. The average molecular weight is 289 g/mol. The van der Waals surface area contributed by atoms with Crippen molar-refractivity contribution in [2.75, 3.05) is 39.0 Å². The number of hydrogen-bond donors (Lipinski definition) is 2. The lowest BCUT2D eigenvalue weighted by molar-refractivity contribution is -0.133. The SMILES string of the molecule is CN(C)CC1CC(O)CN1C(=O)C1CNc2ccccc21. The number of carbonyl (C=O) groups excluding carboxylic acids is 1. The molecular formula is C16H23N3O2. The topological polar surface area (TPSA) is 55.8 Å². The number of rotatable bonds is 3. The molecule has 2 heterocycles. The highest BCUT2D eigenvalue weighted by Crippen LogP contribution is 2.34. The molecule has 5 nitrogen and oxygen atoms in total. The summed E-state index contributed by atoms with van der Waals surface area (Å²) < 4.78 is 0. The first-order valence-electron chi connectivity index (χ1n) is 7.52. The van der Waals surface area contributed by atoms with E-state index >= 15 is 0 Å². The molecule has 0 saturated carbocycles. The third-order valence-corrected chi connectivity index (χ3v) is 4.38. The van der Waals surface area contributed by atoms with Crippen LogP contribution in [0.3, 0.4) is 0 Å². The van der Waals surface area contributed by atoms with Gasteiger partial charge in [-0.05, 0) is 32.1 Å². The molecule has 1 aromatic rings. The Bertz CT molecular complexity index is 532. The zero-order chi connectivity index (χ0) is 15.0. The Hall–Kier alpha value is -1.59. The minimum absolute atomic E-state index is 0.107. The molecule has 5 heteroatoms. The van der Waals surface area contributed by atoms with Crippen LogP contribution in [0.15, 0.2) is 24.3 Å². The summed E-state index contributed by atoms with van der Waals surface area (Å²) in [5.74, 6) is 0.00649. The fourth-order valence-corrected chi connectivity index (χ4v) is 3.46. The van der Waals surface area contributed by atoms with Crippen LogP contribution in [-0.2, 0) is 4.79 Å². The van der Waals surface area contributed by atoms with E-state index in [4.69, 9.17) is 0 Å². The number of amides is 1. The first kappa shape index (κ1) is 14.4. The molecule has 0 aromatic heterocycles. The predicted octanol–water partition coefficient (Wildman–Crippen LogP) is 0.719. The zero-order valence-corrected chi connectivity index (χ0v) is 12.6. The molecule has 2 aliphatic rings. The maximum atomic E-state index is 12.9. The van der Waals surface area contributed by atoms with Crippen LogP contribution < -0.4 is 5.32 Å². The molecule has 0 aliphatic carbocycles. The molecule has 3 atom stereocenters. The van der Waals surface area contributed by atoms with Crippen LogP contribution in [0.5, 0.6) is 0 Å². The molecule has 0 bridgehead atoms. The molecule has 21 heavy (non-hydrogen) atoms. The Labute approximate surface area is 125 Å². The van der Waals surface area contributed by atoms with Gasteiger partial charge in [0.1, 0.15) is 0 Å². The molecule has 2 aliphatic heterocycles. The van der Waals surface area contributed by atoms with E-state index in [0.29, 0.717) is 19.5 Å². The Balaban J connectivity index is 1.78. The van der Waals surface area contributed by atoms with Crippen LogP contribution in [-0.4, -0.2) is 66.7 Å². The van der Waals surface area contributed by atoms with E-state index < -0.39 is 6.10 Å². The van der Waals surface area contributed by atoms with Gasteiger partial charge in [0.15, 0.2) is 0 Å². The van der Waals surface area contributed by atoms with Crippen molar-refractivity contribution in [2.24, 2.45) is 0 Å². The largest absolute Gasteiger partial charge is 0.391 e. The number of nitrogens with zero attached hydrogens (tertiary/aromatic N) is 2. The molecule has 2 N–H and O–H groups in total. The van der Waals surface area contributed by atoms with Crippen LogP contribution >= 0.6 is 0 Å². The third kappa shape index (κ3) is 2.76. The minimum Gasteiger partial charge on any atom is -0.391 e. The van der Waals surface area contributed by atoms with Gasteiger partial charge in [0.25, 0.3) is 0 Å². The first-order valence-corrected chi connectivity index (χ1v) is 7.52. The molecule has 0 spiro atoms. The van der Waals surface area contributed by atoms with E-state index in [1.54, 1.807) is 0 Å². The van der Waals surface area contributed by atoms with Gasteiger partial charge < -0.3 is 20.2 Å². The summed E-state index contributed by atoms with van der Waals surface area (Å²) in [7, 11) is 4.00. The van der Waals surface area contributed by atoms with Crippen molar-refractivity contribution in [1.82, 2.24) is 9.80 Å². The summed E-state index contributed by atoms with van der Waals surface area (Å²) in [5, 5.41) is 13.2. The number of β-amino-alcohol motifs (C(OH)–C–C–N with tert-alkyl or cyclic N) is 1. The predicted molar refractivity (Wildman–Crippen MR) is 82.4 cm³/mol. The maximum absolute atomic E-state index is 12.9. The number of anilines is 1. The summed E-state index contributed by atoms with van der Waals surface area (Å²) in [5.41, 5.74) is 2.13. The summed E-state index contributed by atoms with van der Waals surface area (Å²) in [6.45, 7) is 1.90. The molecule has 3 unspecified atom stereocenters. The fraction of sp³-hybridized carbons (Fsp3) is 0.562. The van der Waals surface area contributed by atoms with E-state index in [1.165, 1.54) is 0 Å². The average Bonchev–Trinajstić information content (AvgIpc) is 3.01. The second-order valence-electron chi connectivity index (χ2n) is 6.32. The molecule has 1 amide bonds. The number of benzene rings is 1. The van der Waals surface area contributed by atoms with Gasteiger partial charge in [0.2, 0.25) is 5.91 Å². The number of aliphatic hydroxyl groups excluding tert-OH is 1. The van der Waals surface area contributed by atoms with Crippen molar-refractivity contribution in [3.05, 3.63) is 29.8 Å². The quantitative estimate of drug-likeness (QED) is 0.861. The molecule has 1 saturated heterocycles. The van der Waals surface area contributed by atoms with Crippen molar-refractivity contribution in [2.45, 2.75) is 24.5 Å². The van der Waals surface area contributed by atoms with Crippen LogP contribution in [0, 0.1) is 0 Å². The van der Waals surface area contributed by atoms with Gasteiger partial charge in [-0.3, -0.25) is 4.79 Å². The minimum atomic E-state index is -0.400. The van der Waals surface area contributed by atoms with Crippen molar-refractivity contribution in [3.63, 3.8) is 0 Å². The van der Waals surface area contributed by atoms with E-state index in [1.807, 2.05) is 43.3 Å². The van der Waals surface area contributed by atoms with Crippen molar-refractivity contribution in [1.29, 1.82) is 0 Å². The molecule has 1 aromatic carbocycles. The van der Waals surface area contributed by atoms with Gasteiger partial charge in [0, 0.05) is 31.4 Å². The number of hydrogen-bond acceptors (Lipinski definition) is 4. The molecule has 1 fully saturated rings. The van der Waals surface area contributed by atoms with Crippen LogP contribution in [0.4, 0.5) is 5.69 Å². The maximum Gasteiger partial charge on any atom is 0.232 e. The summed E-state index contributed by atoms with van der Waals surface area (Å²) in [6, 6.07) is 8.09. The van der Waals surface area contributed by atoms with Gasteiger partial charge in [-0.15, -0.1) is 0 Å². The Morgan fingerprint density at radius 1 is 1.43 bits per heavy atom. The third-order valence-electron chi connectivity index (χ3n) is 4.38. The smallest absolute Gasteiger partial charge is 0.232 e. The number of fused-ring (bicyclic) bond motifs is 1. The van der Waals surface area contributed by atoms with Gasteiger partial charge >= 0.3 is 0 Å². The normalized spacial score (nSPS) is 27.8. The van der Waals surface area contributed by atoms with E-state index in [-0.39, 0.29) is 17.9 Å². The van der Waals surface area contributed by atoms with Crippen molar-refractivity contribution >= 4 is 11.6 Å². The van der Waals surface area contributed by atoms with Crippen LogP contribution in [0.25, 0.3) is 0 Å². The van der Waals surface area contributed by atoms with E-state index in [0.717, 1.165) is 17.8 Å². The highest BCUT2D eigenvalue weighted by atomic mass is 16.3. The first-order chi connectivity index (χ1) is 10.1. The second-order valence-corrected chi connectivity index (χ2v) is 6.32. The highest BCUT2D eigenvalue weighted by molar-refractivity contribution is 5.88. The van der Waals surface area contributed by atoms with Crippen molar-refractivity contribution < 1.29 is 9.90 Å². The second kappa shape index (κ2) is 5.66. The number of para-hydroxylation sites is 1. The Morgan fingerprint density at radius 3 is 2.95 bits per heavy atom. The van der Waals surface area contributed by atoms with E-state index in [9.17, 15) is 9.90 Å². The standard InChI is InChI=1S/C16H23N3O2/c1-18(2)9-11-7-12(20)10-19(11)16(21)14-8-17-15-6-4-3-5-13(14)15/h3-6,11-12,14,17,20H,7-10H2,1-2H3. The Morgan fingerprint density at radius 2 is 2.19 bits per heavy atom. The van der Waals surface area contributed by atoms with Gasteiger partial charge in [0.05, 0.1) is 12.0 Å². The van der Waals surface area contributed by atoms with Gasteiger partial charge in [-0.2, -0.15) is 0 Å². The zero-order valence-electron chi connectivity index (χ0n) is 12.6. The summed E-state index contributed by atoms with van der Waals surface area (Å²) >= 11 is 0. The Kier molecular flexibility index (Phi) is 3.87. The lowest BCUT2D eigenvalue weighted by Crippen LogP contribution is -2.44. The highest BCUT2D eigenvalue weighted by Gasteiger charge is 2.39. The number of aliphatic hydroxyl groups is 1. The lowest BCUT2D eigenvalue weighted by atomic mass is 9.99. The summed E-state index contributed by atoms with van der Waals surface area (Å²) in [6.07, 6.45) is 0.273. The van der Waals surface area contributed by atoms with Crippen LogP contribution in [0.2, 0.25) is 0 Å². The lowest BCUT2D eigenvalue weighted by Gasteiger charge is -2.29. The number of likely N-dealkylation sites (tertiary alicyclic amines) is 1. The van der Waals surface area contributed by atoms with Gasteiger partial charge in [-0.25, -0.2) is 0 Å². The van der Waals surface area contributed by atoms with E-state index in [2.05, 4.69) is 10.2 Å². The molecule has 0 radical (unpaired) electrons.